The van der Waals surface area contributed by atoms with Crippen molar-refractivity contribution in [2.45, 2.75) is 26.2 Å². The molecule has 0 aromatic heterocycles. The molecule has 5 heteroatoms. The number of unbranched alkanes of at least 4 members (excludes halogenated alkanes) is 1. The average molecular weight is 245 g/mol. The van der Waals surface area contributed by atoms with E-state index in [4.69, 9.17) is 20.6 Å². The van der Waals surface area contributed by atoms with Gasteiger partial charge in [-0.25, -0.2) is 0 Å². The minimum atomic E-state index is 0.235. The molecule has 0 rings (SSSR count). The van der Waals surface area contributed by atoms with E-state index < -0.39 is 0 Å². The van der Waals surface area contributed by atoms with Crippen molar-refractivity contribution in [3.05, 3.63) is 0 Å². The number of hydrogen-bond donors (Lipinski definition) is 2. The molecule has 0 fully saturated rings. The number of rotatable bonds is 12. The summed E-state index contributed by atoms with van der Waals surface area (Å²) >= 11 is 0. The summed E-state index contributed by atoms with van der Waals surface area (Å²) in [5.41, 5.74) is 5.36. The van der Waals surface area contributed by atoms with Crippen LogP contribution in [-0.4, -0.2) is 57.3 Å². The predicted octanol–water partition coefficient (Wildman–Crippen LogP) is 1.08. The first-order valence-corrected chi connectivity index (χ1v) is 6.32. The summed E-state index contributed by atoms with van der Waals surface area (Å²) in [6.07, 6.45) is 2.89. The second-order valence-corrected chi connectivity index (χ2v) is 4.08. The molecule has 0 unspecified atom stereocenters. The highest BCUT2D eigenvalue weighted by Crippen LogP contribution is 1.94. The minimum Gasteiger partial charge on any atom is -0.388 e. The van der Waals surface area contributed by atoms with Gasteiger partial charge in [0.05, 0.1) is 19.0 Å². The first kappa shape index (κ1) is 16.4. The van der Waals surface area contributed by atoms with E-state index in [1.807, 2.05) is 0 Å². The molecule has 102 valence electrons. The van der Waals surface area contributed by atoms with Crippen LogP contribution in [0.5, 0.6) is 0 Å². The predicted molar refractivity (Wildman–Crippen MR) is 70.6 cm³/mol. The lowest BCUT2D eigenvalue weighted by molar-refractivity contribution is 0.0879. The molecule has 3 N–H and O–H groups in total. The lowest BCUT2D eigenvalue weighted by atomic mass is 10.3. The normalized spacial score (nSPS) is 11.0. The van der Waals surface area contributed by atoms with Crippen molar-refractivity contribution in [2.24, 2.45) is 5.73 Å². The van der Waals surface area contributed by atoms with E-state index in [0.29, 0.717) is 13.0 Å². The highest BCUT2D eigenvalue weighted by Gasteiger charge is 2.05. The number of ether oxygens (including phenoxy) is 2. The Morgan fingerprint density at radius 3 is 2.47 bits per heavy atom. The molecule has 17 heavy (non-hydrogen) atoms. The zero-order valence-corrected chi connectivity index (χ0v) is 11.2. The zero-order chi connectivity index (χ0) is 12.9. The fourth-order valence-corrected chi connectivity index (χ4v) is 1.38. The molecular formula is C12H27N3O2. The SMILES string of the molecule is CCCCOCCN(CCOC)CCC(=N)N. The summed E-state index contributed by atoms with van der Waals surface area (Å²) in [5.74, 6) is 0.235. The lowest BCUT2D eigenvalue weighted by Gasteiger charge is -2.21. The molecule has 0 heterocycles. The van der Waals surface area contributed by atoms with Gasteiger partial charge in [0.2, 0.25) is 0 Å². The first-order chi connectivity index (χ1) is 8.20. The number of methoxy groups -OCH3 is 1. The van der Waals surface area contributed by atoms with E-state index in [0.717, 1.165) is 45.7 Å². The molecule has 0 amide bonds. The van der Waals surface area contributed by atoms with Crippen LogP contribution in [0.1, 0.15) is 26.2 Å². The lowest BCUT2D eigenvalue weighted by Crippen LogP contribution is -2.33. The summed E-state index contributed by atoms with van der Waals surface area (Å²) in [4.78, 5) is 2.22. The van der Waals surface area contributed by atoms with E-state index in [1.165, 1.54) is 0 Å². The number of amidine groups is 1. The van der Waals surface area contributed by atoms with Crippen molar-refractivity contribution in [3.8, 4) is 0 Å². The molecule has 0 aliphatic rings. The van der Waals surface area contributed by atoms with Crippen LogP contribution < -0.4 is 5.73 Å². The summed E-state index contributed by atoms with van der Waals surface area (Å²) in [6.45, 7) is 6.97. The molecule has 5 nitrogen and oxygen atoms in total. The molecule has 0 aliphatic heterocycles. The van der Waals surface area contributed by atoms with Gasteiger partial charge in [-0.15, -0.1) is 0 Å². The third-order valence-electron chi connectivity index (χ3n) is 2.50. The van der Waals surface area contributed by atoms with Crippen LogP contribution in [0.25, 0.3) is 0 Å². The molecule has 0 bridgehead atoms. The maximum Gasteiger partial charge on any atom is 0.0918 e. The van der Waals surface area contributed by atoms with E-state index in [9.17, 15) is 0 Å². The molecular weight excluding hydrogens is 218 g/mol. The maximum absolute atomic E-state index is 7.22. The van der Waals surface area contributed by atoms with Gasteiger partial charge in [0.1, 0.15) is 0 Å². The molecule has 0 saturated heterocycles. The van der Waals surface area contributed by atoms with Gasteiger partial charge in [-0.2, -0.15) is 0 Å². The molecule has 0 saturated carbocycles. The average Bonchev–Trinajstić information content (AvgIpc) is 2.31. The fourth-order valence-electron chi connectivity index (χ4n) is 1.38. The van der Waals surface area contributed by atoms with Crippen LogP contribution in [0.3, 0.4) is 0 Å². The summed E-state index contributed by atoms with van der Waals surface area (Å²) < 4.78 is 10.6. The maximum atomic E-state index is 7.22. The molecule has 0 radical (unpaired) electrons. The van der Waals surface area contributed by atoms with Crippen LogP contribution >= 0.6 is 0 Å². The van der Waals surface area contributed by atoms with E-state index in [2.05, 4.69) is 11.8 Å². The van der Waals surface area contributed by atoms with Crippen LogP contribution in [0, 0.1) is 5.41 Å². The Morgan fingerprint density at radius 1 is 1.18 bits per heavy atom. The fraction of sp³-hybridized carbons (Fsp3) is 0.917. The Balaban J connectivity index is 3.64. The zero-order valence-electron chi connectivity index (χ0n) is 11.2. The number of hydrogen-bond acceptors (Lipinski definition) is 4. The van der Waals surface area contributed by atoms with Gasteiger partial charge in [-0.3, -0.25) is 10.3 Å². The van der Waals surface area contributed by atoms with Crippen molar-refractivity contribution in [2.75, 3.05) is 46.6 Å². The molecule has 0 aromatic rings. The van der Waals surface area contributed by atoms with Gasteiger partial charge in [0.25, 0.3) is 0 Å². The third-order valence-corrected chi connectivity index (χ3v) is 2.50. The molecule has 0 spiro atoms. The Kier molecular flexibility index (Phi) is 11.4. The smallest absolute Gasteiger partial charge is 0.0918 e. The van der Waals surface area contributed by atoms with Gasteiger partial charge in [0, 0.05) is 39.8 Å². The molecule has 0 aliphatic carbocycles. The van der Waals surface area contributed by atoms with Crippen LogP contribution in [0.15, 0.2) is 0 Å². The topological polar surface area (TPSA) is 71.6 Å². The Morgan fingerprint density at radius 2 is 1.88 bits per heavy atom. The molecule has 0 aromatic carbocycles. The Labute approximate surface area is 105 Å². The first-order valence-electron chi connectivity index (χ1n) is 6.32. The largest absolute Gasteiger partial charge is 0.388 e. The van der Waals surface area contributed by atoms with Crippen molar-refractivity contribution < 1.29 is 9.47 Å². The van der Waals surface area contributed by atoms with Crippen molar-refractivity contribution in [1.82, 2.24) is 4.90 Å². The summed E-state index contributed by atoms with van der Waals surface area (Å²) in [7, 11) is 1.70. The van der Waals surface area contributed by atoms with Gasteiger partial charge in [-0.1, -0.05) is 13.3 Å². The Hall–Kier alpha value is -0.650. The highest BCUT2D eigenvalue weighted by molar-refractivity contribution is 5.76. The van der Waals surface area contributed by atoms with E-state index >= 15 is 0 Å². The number of nitrogens with one attached hydrogen (secondary N) is 1. The second kappa shape index (κ2) is 11.8. The third kappa shape index (κ3) is 11.6. The van der Waals surface area contributed by atoms with Gasteiger partial charge < -0.3 is 15.2 Å². The minimum absolute atomic E-state index is 0.235. The number of nitrogens with zero attached hydrogens (tertiary/aromatic N) is 1. The second-order valence-electron chi connectivity index (χ2n) is 4.08. The van der Waals surface area contributed by atoms with Crippen molar-refractivity contribution in [3.63, 3.8) is 0 Å². The molecule has 0 atom stereocenters. The van der Waals surface area contributed by atoms with Gasteiger partial charge >= 0.3 is 0 Å². The Bertz CT molecular complexity index is 189. The summed E-state index contributed by atoms with van der Waals surface area (Å²) in [5, 5.41) is 7.22. The number of nitrogens with two attached hydrogens (primary N) is 1. The monoisotopic (exact) mass is 245 g/mol. The standard InChI is InChI=1S/C12H27N3O2/c1-3-4-9-17-11-8-15(7-10-16-2)6-5-12(13)14/h3-11H2,1-2H3,(H3,13,14). The summed E-state index contributed by atoms with van der Waals surface area (Å²) in [6, 6.07) is 0. The van der Waals surface area contributed by atoms with Gasteiger partial charge in [-0.05, 0) is 6.42 Å². The van der Waals surface area contributed by atoms with Crippen molar-refractivity contribution in [1.29, 1.82) is 5.41 Å². The quantitative estimate of drug-likeness (QED) is 0.306. The van der Waals surface area contributed by atoms with E-state index in [1.54, 1.807) is 7.11 Å². The van der Waals surface area contributed by atoms with Crippen LogP contribution in [-0.2, 0) is 9.47 Å². The van der Waals surface area contributed by atoms with Crippen LogP contribution in [0.2, 0.25) is 0 Å². The highest BCUT2D eigenvalue weighted by atomic mass is 16.5. The van der Waals surface area contributed by atoms with Crippen molar-refractivity contribution >= 4 is 5.84 Å². The van der Waals surface area contributed by atoms with E-state index in [-0.39, 0.29) is 5.84 Å². The van der Waals surface area contributed by atoms with Crippen LogP contribution in [0.4, 0.5) is 0 Å². The van der Waals surface area contributed by atoms with Gasteiger partial charge in [0.15, 0.2) is 0 Å².